The molecule has 220 valence electrons. The van der Waals surface area contributed by atoms with E-state index in [0.29, 0.717) is 26.2 Å². The average Bonchev–Trinajstić information content (AvgIpc) is 3.55. The molecule has 2 heterocycles. The zero-order chi connectivity index (χ0) is 29.8. The lowest BCUT2D eigenvalue weighted by molar-refractivity contribution is -0.120. The molecular formula is C34H40N4O4. The van der Waals surface area contributed by atoms with Crippen molar-refractivity contribution in [1.82, 2.24) is 9.55 Å². The molecule has 1 saturated heterocycles. The maximum absolute atomic E-state index is 14.3. The molecule has 2 atom stereocenters. The first-order valence-electron chi connectivity index (χ1n) is 14.7. The van der Waals surface area contributed by atoms with Crippen molar-refractivity contribution in [3.63, 3.8) is 0 Å². The van der Waals surface area contributed by atoms with Crippen molar-refractivity contribution in [3.05, 3.63) is 83.7 Å². The van der Waals surface area contributed by atoms with Crippen molar-refractivity contribution in [2.45, 2.75) is 59.0 Å². The first-order valence-corrected chi connectivity index (χ1v) is 14.7. The van der Waals surface area contributed by atoms with E-state index in [-0.39, 0.29) is 30.3 Å². The summed E-state index contributed by atoms with van der Waals surface area (Å²) in [5.74, 6) is 1.37. The topological polar surface area (TPSA) is 76.9 Å². The van der Waals surface area contributed by atoms with Crippen molar-refractivity contribution in [2.24, 2.45) is 0 Å². The molecule has 1 aliphatic rings. The molecule has 42 heavy (non-hydrogen) atoms. The highest BCUT2D eigenvalue weighted by molar-refractivity contribution is 5.98. The number of carbonyl (C=O) groups excluding carboxylic acids is 2. The Morgan fingerprint density at radius 2 is 1.83 bits per heavy atom. The lowest BCUT2D eigenvalue weighted by atomic mass is 10.0. The molecule has 3 aromatic carbocycles. The predicted molar refractivity (Wildman–Crippen MR) is 166 cm³/mol. The Kier molecular flexibility index (Phi) is 8.92. The zero-order valence-corrected chi connectivity index (χ0v) is 25.2. The van der Waals surface area contributed by atoms with Crippen LogP contribution in [0.5, 0.6) is 5.75 Å². The van der Waals surface area contributed by atoms with Gasteiger partial charge in [0.05, 0.1) is 36.0 Å². The van der Waals surface area contributed by atoms with Crippen LogP contribution < -0.4 is 14.5 Å². The van der Waals surface area contributed by atoms with Gasteiger partial charge in [-0.3, -0.25) is 9.59 Å². The number of anilines is 2. The number of ether oxygens (including phenoxy) is 2. The molecule has 0 saturated carbocycles. The van der Waals surface area contributed by atoms with Crippen LogP contribution >= 0.6 is 0 Å². The predicted octanol–water partition coefficient (Wildman–Crippen LogP) is 5.89. The summed E-state index contributed by atoms with van der Waals surface area (Å²) in [6.07, 6.45) is 1.14. The first-order chi connectivity index (χ1) is 20.4. The van der Waals surface area contributed by atoms with E-state index in [9.17, 15) is 9.59 Å². The van der Waals surface area contributed by atoms with Crippen molar-refractivity contribution >= 4 is 34.2 Å². The lowest BCUT2D eigenvalue weighted by Crippen LogP contribution is -2.44. The van der Waals surface area contributed by atoms with Crippen LogP contribution in [0.25, 0.3) is 11.0 Å². The summed E-state index contributed by atoms with van der Waals surface area (Å²) < 4.78 is 13.1. The Hall–Kier alpha value is -4.17. The fourth-order valence-electron chi connectivity index (χ4n) is 6.06. The molecule has 5 rings (SSSR count). The molecule has 1 fully saturated rings. The molecule has 0 bridgehead atoms. The highest BCUT2D eigenvalue weighted by atomic mass is 16.5. The fourth-order valence-corrected chi connectivity index (χ4v) is 6.06. The summed E-state index contributed by atoms with van der Waals surface area (Å²) in [6, 6.07) is 21.5. The van der Waals surface area contributed by atoms with Gasteiger partial charge in [-0.15, -0.1) is 0 Å². The lowest BCUT2D eigenvalue weighted by Gasteiger charge is -2.32. The Balaban J connectivity index is 1.50. The van der Waals surface area contributed by atoms with Gasteiger partial charge in [0.1, 0.15) is 18.1 Å². The number of nitrogens with zero attached hydrogens (tertiary/aromatic N) is 4. The standard InChI is InChI=1S/C34H40N4O4/c1-6-25-12-10-11-23(3)33(25)38(24(4)22-41-5)32(40)21-37-30-14-9-8-13-29(30)35-34(37)26-19-31(39)36(20-26)27-15-17-28(18-16-27)42-7-2/h8-18,24,26H,6-7,19-22H2,1-5H3/t24-,26+/m0/s1. The van der Waals surface area contributed by atoms with Gasteiger partial charge in [0.25, 0.3) is 0 Å². The van der Waals surface area contributed by atoms with E-state index in [4.69, 9.17) is 14.5 Å². The Labute approximate surface area is 247 Å². The van der Waals surface area contributed by atoms with Crippen LogP contribution in [-0.4, -0.2) is 54.3 Å². The van der Waals surface area contributed by atoms with Crippen molar-refractivity contribution in [3.8, 4) is 5.75 Å². The average molecular weight is 569 g/mol. The number of aryl methyl sites for hydroxylation is 2. The second kappa shape index (κ2) is 12.8. The third-order valence-corrected chi connectivity index (χ3v) is 7.99. The van der Waals surface area contributed by atoms with Crippen molar-refractivity contribution in [2.75, 3.05) is 36.7 Å². The monoisotopic (exact) mass is 568 g/mol. The number of hydrogen-bond acceptors (Lipinski definition) is 5. The van der Waals surface area contributed by atoms with Gasteiger partial charge in [-0.2, -0.15) is 0 Å². The van der Waals surface area contributed by atoms with Gasteiger partial charge >= 0.3 is 0 Å². The number of para-hydroxylation sites is 3. The van der Waals surface area contributed by atoms with Crippen LogP contribution in [0, 0.1) is 6.92 Å². The quantitative estimate of drug-likeness (QED) is 0.225. The molecule has 0 radical (unpaired) electrons. The van der Waals surface area contributed by atoms with Gasteiger partial charge in [0.15, 0.2) is 0 Å². The Bertz CT molecular complexity index is 1560. The van der Waals surface area contributed by atoms with Crippen molar-refractivity contribution in [1.29, 1.82) is 0 Å². The van der Waals surface area contributed by atoms with Crippen LogP contribution in [-0.2, 0) is 27.3 Å². The summed E-state index contributed by atoms with van der Waals surface area (Å²) in [6.45, 7) is 9.72. The van der Waals surface area contributed by atoms with E-state index >= 15 is 0 Å². The Morgan fingerprint density at radius 1 is 1.07 bits per heavy atom. The number of rotatable bonds is 11. The largest absolute Gasteiger partial charge is 0.494 e. The number of aromatic nitrogens is 2. The molecule has 8 heteroatoms. The number of amides is 2. The Morgan fingerprint density at radius 3 is 2.55 bits per heavy atom. The highest BCUT2D eigenvalue weighted by Crippen LogP contribution is 2.35. The molecule has 0 N–H and O–H groups in total. The second-order valence-electron chi connectivity index (χ2n) is 10.9. The molecular weight excluding hydrogens is 528 g/mol. The third-order valence-electron chi connectivity index (χ3n) is 7.99. The number of methoxy groups -OCH3 is 1. The van der Waals surface area contributed by atoms with E-state index in [1.54, 1.807) is 12.0 Å². The zero-order valence-electron chi connectivity index (χ0n) is 25.2. The summed E-state index contributed by atoms with van der Waals surface area (Å²) in [5.41, 5.74) is 5.64. The number of benzene rings is 3. The van der Waals surface area contributed by atoms with Gasteiger partial charge < -0.3 is 23.8 Å². The van der Waals surface area contributed by atoms with Crippen LogP contribution in [0.1, 0.15) is 50.1 Å². The minimum absolute atomic E-state index is 0.0388. The van der Waals surface area contributed by atoms with E-state index in [1.165, 1.54) is 0 Å². The minimum atomic E-state index is -0.171. The van der Waals surface area contributed by atoms with Gasteiger partial charge in [-0.25, -0.2) is 4.98 Å². The maximum atomic E-state index is 14.3. The highest BCUT2D eigenvalue weighted by Gasteiger charge is 2.36. The molecule has 0 spiro atoms. The van der Waals surface area contributed by atoms with E-state index < -0.39 is 0 Å². The van der Waals surface area contributed by atoms with Crippen LogP contribution in [0.2, 0.25) is 0 Å². The van der Waals surface area contributed by atoms with Crippen LogP contribution in [0.3, 0.4) is 0 Å². The summed E-state index contributed by atoms with van der Waals surface area (Å²) in [4.78, 5) is 36.3. The summed E-state index contributed by atoms with van der Waals surface area (Å²) in [5, 5.41) is 0. The third kappa shape index (κ3) is 5.77. The van der Waals surface area contributed by atoms with E-state index in [2.05, 4.69) is 13.0 Å². The molecule has 4 aromatic rings. The summed E-state index contributed by atoms with van der Waals surface area (Å²) >= 11 is 0. The normalized spacial score (nSPS) is 15.8. The molecule has 1 aromatic heterocycles. The number of hydrogen-bond donors (Lipinski definition) is 0. The van der Waals surface area contributed by atoms with E-state index in [1.807, 2.05) is 90.9 Å². The molecule has 8 nitrogen and oxygen atoms in total. The minimum Gasteiger partial charge on any atom is -0.494 e. The maximum Gasteiger partial charge on any atom is 0.247 e. The molecule has 1 aliphatic heterocycles. The SMILES string of the molecule is CCOc1ccc(N2C[C@H](c3nc4ccccc4n3CC(=O)N(c3c(C)cccc3CC)[C@@H](C)COC)CC2=O)cc1. The molecule has 0 aliphatic carbocycles. The van der Waals surface area contributed by atoms with Crippen molar-refractivity contribution < 1.29 is 19.1 Å². The number of imidazole rings is 1. The van der Waals surface area contributed by atoms with Crippen LogP contribution in [0.4, 0.5) is 11.4 Å². The van der Waals surface area contributed by atoms with Gasteiger partial charge in [-0.05, 0) is 74.7 Å². The van der Waals surface area contributed by atoms with E-state index in [0.717, 1.165) is 51.5 Å². The number of carbonyl (C=O) groups is 2. The van der Waals surface area contributed by atoms with Gasteiger partial charge in [0, 0.05) is 31.7 Å². The number of fused-ring (bicyclic) bond motifs is 1. The first kappa shape index (κ1) is 29.3. The summed E-state index contributed by atoms with van der Waals surface area (Å²) in [7, 11) is 1.66. The molecule has 2 amide bonds. The smallest absolute Gasteiger partial charge is 0.247 e. The second-order valence-corrected chi connectivity index (χ2v) is 10.9. The van der Waals surface area contributed by atoms with Crippen LogP contribution in [0.15, 0.2) is 66.7 Å². The molecule has 0 unspecified atom stereocenters. The van der Waals surface area contributed by atoms with Gasteiger partial charge in [0.2, 0.25) is 11.8 Å². The van der Waals surface area contributed by atoms with Gasteiger partial charge in [-0.1, -0.05) is 37.3 Å². The fraction of sp³-hybridized carbons (Fsp3) is 0.382.